The zero-order valence-electron chi connectivity index (χ0n) is 4.65. The predicted molar refractivity (Wildman–Crippen MR) is 29.0 cm³/mol. The molecule has 0 amide bonds. The Morgan fingerprint density at radius 2 is 1.86 bits per heavy atom. The van der Waals surface area contributed by atoms with E-state index in [0.29, 0.717) is 0 Å². The van der Waals surface area contributed by atoms with E-state index in [2.05, 4.69) is 12.2 Å². The molecule has 1 N–H and O–H groups in total. The molecule has 7 heavy (non-hydrogen) atoms. The number of piperidine rings is 1. The Morgan fingerprint density at radius 3 is 2.14 bits per heavy atom. The van der Waals surface area contributed by atoms with Crippen molar-refractivity contribution in [2.45, 2.75) is 6.92 Å². The SMILES string of the molecule is C[C@@H]1[C@H]2CNC[C@@H]12. The number of fused-ring (bicyclic) bond motifs is 1. The highest BCUT2D eigenvalue weighted by Crippen LogP contribution is 2.47. The zero-order chi connectivity index (χ0) is 4.85. The van der Waals surface area contributed by atoms with Gasteiger partial charge < -0.3 is 5.32 Å². The second-order valence-electron chi connectivity index (χ2n) is 2.85. The molecule has 1 aliphatic carbocycles. The molecule has 0 spiro atoms. The lowest BCUT2D eigenvalue weighted by molar-refractivity contribution is 0.634. The molecule has 0 unspecified atom stereocenters. The van der Waals surface area contributed by atoms with Crippen molar-refractivity contribution in [3.8, 4) is 0 Å². The third kappa shape index (κ3) is 0.367. The van der Waals surface area contributed by atoms with Crippen molar-refractivity contribution in [2.24, 2.45) is 17.8 Å². The fraction of sp³-hybridized carbons (Fsp3) is 1.00. The van der Waals surface area contributed by atoms with E-state index in [9.17, 15) is 0 Å². The number of hydrogen-bond acceptors (Lipinski definition) is 1. The highest BCUT2D eigenvalue weighted by Gasteiger charge is 2.49. The summed E-state index contributed by atoms with van der Waals surface area (Å²) in [5, 5.41) is 3.35. The minimum atomic E-state index is 1.06. The van der Waals surface area contributed by atoms with E-state index < -0.39 is 0 Å². The highest BCUT2D eigenvalue weighted by molar-refractivity contribution is 5.01. The highest BCUT2D eigenvalue weighted by atomic mass is 15.0. The van der Waals surface area contributed by atoms with E-state index in [0.717, 1.165) is 17.8 Å². The topological polar surface area (TPSA) is 12.0 Å². The Hall–Kier alpha value is -0.0400. The molecule has 1 saturated heterocycles. The summed E-state index contributed by atoms with van der Waals surface area (Å²) in [6, 6.07) is 0. The summed E-state index contributed by atoms with van der Waals surface area (Å²) in [4.78, 5) is 0. The molecule has 1 aliphatic heterocycles. The first-order valence-corrected chi connectivity index (χ1v) is 3.10. The van der Waals surface area contributed by atoms with E-state index in [1.807, 2.05) is 0 Å². The molecule has 0 radical (unpaired) electrons. The van der Waals surface area contributed by atoms with Gasteiger partial charge in [-0.2, -0.15) is 0 Å². The maximum Gasteiger partial charge on any atom is -0.00145 e. The Labute approximate surface area is 44.1 Å². The van der Waals surface area contributed by atoms with Gasteiger partial charge >= 0.3 is 0 Å². The molecule has 1 heterocycles. The van der Waals surface area contributed by atoms with Crippen LogP contribution in [0.2, 0.25) is 0 Å². The Kier molecular flexibility index (Phi) is 0.571. The minimum absolute atomic E-state index is 1.06. The second kappa shape index (κ2) is 1.03. The van der Waals surface area contributed by atoms with Crippen LogP contribution in [0.1, 0.15) is 6.92 Å². The number of hydrogen-bond donors (Lipinski definition) is 1. The number of rotatable bonds is 0. The van der Waals surface area contributed by atoms with Crippen molar-refractivity contribution in [3.05, 3.63) is 0 Å². The summed E-state index contributed by atoms with van der Waals surface area (Å²) in [7, 11) is 0. The first kappa shape index (κ1) is 3.90. The quantitative estimate of drug-likeness (QED) is 0.463. The van der Waals surface area contributed by atoms with Gasteiger partial charge in [0.05, 0.1) is 0 Å². The average molecular weight is 97.2 g/mol. The summed E-state index contributed by atoms with van der Waals surface area (Å²) in [5.41, 5.74) is 0. The summed E-state index contributed by atoms with van der Waals surface area (Å²) < 4.78 is 0. The summed E-state index contributed by atoms with van der Waals surface area (Å²) in [5.74, 6) is 3.20. The molecule has 2 fully saturated rings. The molecule has 1 nitrogen and oxygen atoms in total. The Morgan fingerprint density at radius 1 is 1.29 bits per heavy atom. The van der Waals surface area contributed by atoms with Crippen molar-refractivity contribution in [1.82, 2.24) is 5.32 Å². The monoisotopic (exact) mass is 97.1 g/mol. The fourth-order valence-corrected chi connectivity index (χ4v) is 1.73. The molecule has 3 atom stereocenters. The molecule has 1 heteroatoms. The smallest absolute Gasteiger partial charge is 0.00145 e. The standard InChI is InChI=1S/C6H11N/c1-4-5-2-7-3-6(4)5/h4-7H,2-3H2,1H3/t4-,5-,6+. The average Bonchev–Trinajstić information content (AvgIpc) is 2.26. The molecule has 0 aromatic carbocycles. The van der Waals surface area contributed by atoms with Gasteiger partial charge in [0.1, 0.15) is 0 Å². The maximum atomic E-state index is 3.35. The largest absolute Gasteiger partial charge is 0.316 e. The fourth-order valence-electron chi connectivity index (χ4n) is 1.73. The van der Waals surface area contributed by atoms with Crippen LogP contribution in [0.15, 0.2) is 0 Å². The summed E-state index contributed by atoms with van der Waals surface area (Å²) >= 11 is 0. The van der Waals surface area contributed by atoms with Crippen LogP contribution in [0.5, 0.6) is 0 Å². The van der Waals surface area contributed by atoms with Gasteiger partial charge in [-0.3, -0.25) is 0 Å². The van der Waals surface area contributed by atoms with Gasteiger partial charge in [0.25, 0.3) is 0 Å². The summed E-state index contributed by atoms with van der Waals surface area (Å²) in [6.07, 6.45) is 0. The van der Waals surface area contributed by atoms with E-state index in [4.69, 9.17) is 0 Å². The zero-order valence-corrected chi connectivity index (χ0v) is 4.65. The van der Waals surface area contributed by atoms with Crippen LogP contribution in [0, 0.1) is 17.8 Å². The van der Waals surface area contributed by atoms with Crippen LogP contribution < -0.4 is 5.32 Å². The predicted octanol–water partition coefficient (Wildman–Crippen LogP) is 0.472. The lowest BCUT2D eigenvalue weighted by Crippen LogP contribution is -2.13. The van der Waals surface area contributed by atoms with E-state index in [1.165, 1.54) is 13.1 Å². The van der Waals surface area contributed by atoms with Gasteiger partial charge in [0, 0.05) is 0 Å². The van der Waals surface area contributed by atoms with Crippen LogP contribution in [0.3, 0.4) is 0 Å². The van der Waals surface area contributed by atoms with Gasteiger partial charge in [0.15, 0.2) is 0 Å². The van der Waals surface area contributed by atoms with Crippen molar-refractivity contribution in [2.75, 3.05) is 13.1 Å². The minimum Gasteiger partial charge on any atom is -0.316 e. The van der Waals surface area contributed by atoms with E-state index in [1.54, 1.807) is 0 Å². The van der Waals surface area contributed by atoms with Gasteiger partial charge in [-0.15, -0.1) is 0 Å². The molecule has 0 aromatic heterocycles. The van der Waals surface area contributed by atoms with Gasteiger partial charge in [-0.1, -0.05) is 6.92 Å². The van der Waals surface area contributed by atoms with Crippen LogP contribution in [0.25, 0.3) is 0 Å². The third-order valence-electron chi connectivity index (χ3n) is 2.52. The molecule has 40 valence electrons. The van der Waals surface area contributed by atoms with Crippen molar-refractivity contribution in [3.63, 3.8) is 0 Å². The van der Waals surface area contributed by atoms with Crippen LogP contribution in [-0.4, -0.2) is 13.1 Å². The molecule has 1 saturated carbocycles. The molecule has 2 aliphatic rings. The van der Waals surface area contributed by atoms with Crippen LogP contribution >= 0.6 is 0 Å². The first-order valence-electron chi connectivity index (χ1n) is 3.10. The van der Waals surface area contributed by atoms with Crippen molar-refractivity contribution >= 4 is 0 Å². The van der Waals surface area contributed by atoms with Gasteiger partial charge in [0.2, 0.25) is 0 Å². The van der Waals surface area contributed by atoms with Crippen molar-refractivity contribution in [1.29, 1.82) is 0 Å². The Bertz CT molecular complexity index is 80.2. The van der Waals surface area contributed by atoms with Crippen LogP contribution in [-0.2, 0) is 0 Å². The third-order valence-corrected chi connectivity index (χ3v) is 2.52. The molecule has 2 rings (SSSR count). The lowest BCUT2D eigenvalue weighted by atomic mass is 10.3. The molecular weight excluding hydrogens is 86.1 g/mol. The van der Waals surface area contributed by atoms with E-state index >= 15 is 0 Å². The molecule has 0 bridgehead atoms. The van der Waals surface area contributed by atoms with Crippen LogP contribution in [0.4, 0.5) is 0 Å². The van der Waals surface area contributed by atoms with Gasteiger partial charge in [-0.25, -0.2) is 0 Å². The van der Waals surface area contributed by atoms with Gasteiger partial charge in [-0.05, 0) is 30.8 Å². The van der Waals surface area contributed by atoms with E-state index in [-0.39, 0.29) is 0 Å². The number of nitrogens with one attached hydrogen (secondary N) is 1. The normalized spacial score (nSPS) is 57.0. The Balaban J connectivity index is 2.06. The molecular formula is C6H11N. The summed E-state index contributed by atoms with van der Waals surface area (Å²) in [6.45, 7) is 4.95. The maximum absolute atomic E-state index is 3.35. The molecule has 0 aromatic rings. The first-order chi connectivity index (χ1) is 3.39. The van der Waals surface area contributed by atoms with Crippen molar-refractivity contribution < 1.29 is 0 Å². The lowest BCUT2D eigenvalue weighted by Gasteiger charge is -1.93. The second-order valence-corrected chi connectivity index (χ2v) is 2.85.